The molecule has 15 heteroatoms. The maximum absolute atomic E-state index is 14.7. The number of likely N-dealkylation sites (tertiary alicyclic amines) is 1. The molecule has 2 aromatic carbocycles. The van der Waals surface area contributed by atoms with Crippen molar-refractivity contribution in [2.75, 3.05) is 13.7 Å². The fraction of sp³-hybridized carbons (Fsp3) is 0.512. The predicted molar refractivity (Wildman–Crippen MR) is 219 cm³/mol. The van der Waals surface area contributed by atoms with Gasteiger partial charge in [-0.1, -0.05) is 64.1 Å². The summed E-state index contributed by atoms with van der Waals surface area (Å²) in [6.07, 6.45) is 1.34. The van der Waals surface area contributed by atoms with Crippen molar-refractivity contribution in [3.63, 3.8) is 0 Å². The minimum atomic E-state index is -4.03. The predicted octanol–water partition coefficient (Wildman–Crippen LogP) is 5.65. The zero-order chi connectivity index (χ0) is 42.4. The number of carbonyl (C=O) groups is 4. The van der Waals surface area contributed by atoms with Gasteiger partial charge in [-0.25, -0.2) is 18.2 Å². The second-order valence-electron chi connectivity index (χ2n) is 17.7. The highest BCUT2D eigenvalue weighted by Gasteiger charge is 2.63. The summed E-state index contributed by atoms with van der Waals surface area (Å²) in [5.74, 6) is -1.57. The van der Waals surface area contributed by atoms with Crippen LogP contribution in [-0.2, 0) is 29.1 Å². The summed E-state index contributed by atoms with van der Waals surface area (Å²) < 4.78 is 45.6. The number of alkyl carbamates (subject to hydrolysis) is 1. The first kappa shape index (κ1) is 42.4. The van der Waals surface area contributed by atoms with E-state index in [1.165, 1.54) is 11.0 Å². The minimum Gasteiger partial charge on any atom is -0.497 e. The first-order valence-corrected chi connectivity index (χ1v) is 21.2. The Morgan fingerprint density at radius 1 is 1.03 bits per heavy atom. The zero-order valence-electron chi connectivity index (χ0n) is 34.5. The van der Waals surface area contributed by atoms with Gasteiger partial charge in [0.15, 0.2) is 0 Å². The molecular formula is C43H55N5O9S. The average molecular weight is 818 g/mol. The number of nitrogens with zero attached hydrogens (tertiary/aromatic N) is 2. The number of nitrogens with one attached hydrogen (secondary N) is 3. The van der Waals surface area contributed by atoms with Crippen LogP contribution in [0.1, 0.15) is 80.6 Å². The van der Waals surface area contributed by atoms with Crippen molar-refractivity contribution >= 4 is 44.7 Å². The molecule has 1 aliphatic heterocycles. The zero-order valence-corrected chi connectivity index (χ0v) is 35.3. The van der Waals surface area contributed by atoms with E-state index >= 15 is 0 Å². The second kappa shape index (κ2) is 15.5. The van der Waals surface area contributed by atoms with Gasteiger partial charge in [0, 0.05) is 35.4 Å². The van der Waals surface area contributed by atoms with Gasteiger partial charge < -0.3 is 29.7 Å². The Morgan fingerprint density at radius 3 is 2.29 bits per heavy atom. The molecule has 1 saturated heterocycles. The number of hydrogen-bond donors (Lipinski definition) is 3. The molecule has 312 valence electrons. The van der Waals surface area contributed by atoms with Gasteiger partial charge in [0.05, 0.1) is 29.6 Å². The number of aromatic nitrogens is 1. The summed E-state index contributed by atoms with van der Waals surface area (Å²) in [6.45, 7) is 16.0. The van der Waals surface area contributed by atoms with Gasteiger partial charge in [0.25, 0.3) is 5.91 Å². The fourth-order valence-electron chi connectivity index (χ4n) is 7.56. The third-order valence-corrected chi connectivity index (χ3v) is 13.6. The van der Waals surface area contributed by atoms with E-state index < -0.39 is 79.2 Å². The van der Waals surface area contributed by atoms with Gasteiger partial charge in [-0.3, -0.25) is 19.1 Å². The minimum absolute atomic E-state index is 0.00914. The van der Waals surface area contributed by atoms with Crippen molar-refractivity contribution in [2.45, 2.75) is 115 Å². The molecule has 0 radical (unpaired) electrons. The number of fused-ring (bicyclic) bond motifs is 1. The fourth-order valence-corrected chi connectivity index (χ4v) is 9.22. The number of amides is 4. The van der Waals surface area contributed by atoms with E-state index in [1.807, 2.05) is 42.5 Å². The van der Waals surface area contributed by atoms with E-state index in [2.05, 4.69) is 21.9 Å². The Labute approximate surface area is 340 Å². The summed E-state index contributed by atoms with van der Waals surface area (Å²) >= 11 is 0. The van der Waals surface area contributed by atoms with Crippen LogP contribution in [0, 0.1) is 11.3 Å². The Morgan fingerprint density at radius 2 is 1.72 bits per heavy atom. The molecule has 3 N–H and O–H groups in total. The highest BCUT2D eigenvalue weighted by atomic mass is 32.2. The Hall–Kier alpha value is -5.18. The number of hydrogen-bond acceptors (Lipinski definition) is 10. The molecule has 58 heavy (non-hydrogen) atoms. The van der Waals surface area contributed by atoms with Crippen LogP contribution in [0.5, 0.6) is 11.5 Å². The van der Waals surface area contributed by atoms with Crippen LogP contribution in [0.2, 0.25) is 0 Å². The Kier molecular flexibility index (Phi) is 11.4. The van der Waals surface area contributed by atoms with E-state index in [0.29, 0.717) is 47.4 Å². The van der Waals surface area contributed by atoms with Crippen molar-refractivity contribution in [3.8, 4) is 22.8 Å². The molecule has 2 saturated carbocycles. The van der Waals surface area contributed by atoms with Crippen LogP contribution in [-0.4, -0.2) is 89.8 Å². The molecule has 2 heterocycles. The van der Waals surface area contributed by atoms with Gasteiger partial charge >= 0.3 is 6.09 Å². The Balaban J connectivity index is 1.35. The highest BCUT2D eigenvalue weighted by Crippen LogP contribution is 2.48. The second-order valence-corrected chi connectivity index (χ2v) is 19.7. The normalized spacial score (nSPS) is 23.0. The lowest BCUT2D eigenvalue weighted by Gasteiger charge is -2.36. The molecule has 2 aliphatic carbocycles. The van der Waals surface area contributed by atoms with E-state index in [9.17, 15) is 27.6 Å². The quantitative estimate of drug-likeness (QED) is 0.183. The topological polar surface area (TPSA) is 182 Å². The van der Waals surface area contributed by atoms with Crippen molar-refractivity contribution in [1.29, 1.82) is 0 Å². The number of rotatable bonds is 13. The summed E-state index contributed by atoms with van der Waals surface area (Å²) in [5, 5.41) is 6.25. The lowest BCUT2D eigenvalue weighted by atomic mass is 9.85. The van der Waals surface area contributed by atoms with Crippen LogP contribution in [0.15, 0.2) is 67.3 Å². The number of ether oxygens (including phenoxy) is 3. The molecule has 4 amide bonds. The third-order valence-electron chi connectivity index (χ3n) is 11.3. The molecule has 0 spiro atoms. The summed E-state index contributed by atoms with van der Waals surface area (Å²) in [7, 11) is -2.46. The summed E-state index contributed by atoms with van der Waals surface area (Å²) in [6, 6.07) is 14.5. The molecule has 6 rings (SSSR count). The van der Waals surface area contributed by atoms with Gasteiger partial charge in [-0.2, -0.15) is 0 Å². The molecular weight excluding hydrogens is 763 g/mol. The van der Waals surface area contributed by atoms with Crippen molar-refractivity contribution < 1.29 is 41.8 Å². The molecule has 3 aliphatic rings. The third kappa shape index (κ3) is 8.64. The van der Waals surface area contributed by atoms with Gasteiger partial charge in [-0.05, 0) is 64.0 Å². The number of pyridine rings is 1. The van der Waals surface area contributed by atoms with Crippen LogP contribution in [0.25, 0.3) is 22.2 Å². The maximum atomic E-state index is 14.7. The van der Waals surface area contributed by atoms with Gasteiger partial charge in [0.2, 0.25) is 21.8 Å². The Bertz CT molecular complexity index is 2210. The van der Waals surface area contributed by atoms with Crippen molar-refractivity contribution in [3.05, 3.63) is 67.3 Å². The summed E-state index contributed by atoms with van der Waals surface area (Å²) in [4.78, 5) is 62.5. The molecule has 1 aromatic heterocycles. The SMILES string of the molecule is C=CC1C[C@]1(NC(=O)[C@@H]1C[C@@H](Oc2cc(-c3ccccc3)nc3cc(OC)ccc23)CN1C(=O)[C@@H](NC(=O)OC(C)(C)C)C(C)(C)C)C(=O)NS(=O)(=O)C1(CC)CC1. The standard InChI is InChI=1S/C43H55N5O9S/c1-10-27-24-43(27,38(51)47-58(53,54)42(11-2)19-20-42)46-36(49)33-22-29(25-48(33)37(50)35(40(3,4)5)45-39(52)57-41(6,7)8)56-34-23-31(26-15-13-12-14-16-26)44-32-21-28(55-9)17-18-30(32)34/h10,12-18,21,23,27,29,33,35H,1,11,19-20,22,24-25H2,2-9H3,(H,45,52)(H,46,49)(H,47,51)/t27?,29-,33+,35-,43-/m1/s1. The van der Waals surface area contributed by atoms with E-state index in [-0.39, 0.29) is 19.4 Å². The monoisotopic (exact) mass is 817 g/mol. The first-order valence-electron chi connectivity index (χ1n) is 19.7. The maximum Gasteiger partial charge on any atom is 0.408 e. The van der Waals surface area contributed by atoms with E-state index in [0.717, 1.165) is 5.56 Å². The lowest BCUT2D eigenvalue weighted by molar-refractivity contribution is -0.143. The molecule has 0 bridgehead atoms. The van der Waals surface area contributed by atoms with E-state index in [4.69, 9.17) is 19.2 Å². The van der Waals surface area contributed by atoms with Gasteiger partial charge in [0.1, 0.15) is 40.8 Å². The molecule has 1 unspecified atom stereocenters. The highest BCUT2D eigenvalue weighted by molar-refractivity contribution is 7.91. The van der Waals surface area contributed by atoms with Crippen LogP contribution in [0.3, 0.4) is 0 Å². The molecule has 3 aromatic rings. The van der Waals surface area contributed by atoms with Crippen molar-refractivity contribution in [1.82, 2.24) is 25.2 Å². The largest absolute Gasteiger partial charge is 0.497 e. The number of benzene rings is 2. The smallest absolute Gasteiger partial charge is 0.408 e. The number of carbonyl (C=O) groups excluding carboxylic acids is 4. The number of methoxy groups -OCH3 is 1. The summed E-state index contributed by atoms with van der Waals surface area (Å²) in [5.41, 5.74) is -1.19. The lowest BCUT2D eigenvalue weighted by Crippen LogP contribution is -2.60. The van der Waals surface area contributed by atoms with Crippen LogP contribution >= 0.6 is 0 Å². The van der Waals surface area contributed by atoms with Gasteiger partial charge in [-0.15, -0.1) is 6.58 Å². The number of sulfonamides is 1. The molecule has 5 atom stereocenters. The molecule has 14 nitrogen and oxygen atoms in total. The molecule has 3 fully saturated rings. The van der Waals surface area contributed by atoms with Crippen molar-refractivity contribution in [2.24, 2.45) is 11.3 Å². The van der Waals surface area contributed by atoms with Crippen LogP contribution < -0.4 is 24.8 Å². The first-order chi connectivity index (χ1) is 27.2. The van der Waals surface area contributed by atoms with E-state index in [1.54, 1.807) is 67.7 Å². The average Bonchev–Trinajstić information content (AvgIpc) is 4.07. The van der Waals surface area contributed by atoms with Crippen LogP contribution in [0.4, 0.5) is 4.79 Å².